The predicted molar refractivity (Wildman–Crippen MR) is 218 cm³/mol. The van der Waals surface area contributed by atoms with Crippen LogP contribution in [0.15, 0.2) is 0 Å². The first-order valence-electron chi connectivity index (χ1n) is 22.3. The van der Waals surface area contributed by atoms with Crippen molar-refractivity contribution in [2.75, 3.05) is 0 Å². The summed E-state index contributed by atoms with van der Waals surface area (Å²) < 4.78 is 0. The third-order valence-corrected chi connectivity index (χ3v) is 15.8. The zero-order valence-electron chi connectivity index (χ0n) is 36.4. The van der Waals surface area contributed by atoms with E-state index < -0.39 is 0 Å². The summed E-state index contributed by atoms with van der Waals surface area (Å²) in [5, 5.41) is 0. The van der Waals surface area contributed by atoms with Crippen molar-refractivity contribution in [3.05, 3.63) is 0 Å². The Morgan fingerprint density at radius 1 is 0.479 bits per heavy atom. The van der Waals surface area contributed by atoms with Crippen LogP contribution in [0.3, 0.4) is 0 Å². The Labute approximate surface area is 306 Å². The van der Waals surface area contributed by atoms with Gasteiger partial charge in [-0.15, -0.1) is 0 Å². The molecule has 0 aromatic heterocycles. The van der Waals surface area contributed by atoms with Gasteiger partial charge >= 0.3 is 0 Å². The number of hydrogen-bond acceptors (Lipinski definition) is 0. The van der Waals surface area contributed by atoms with Gasteiger partial charge in [-0.3, -0.25) is 0 Å². The summed E-state index contributed by atoms with van der Waals surface area (Å²) in [5.74, 6) is 12.6. The van der Waals surface area contributed by atoms with Crippen LogP contribution in [-0.2, 0) is 0 Å². The van der Waals surface area contributed by atoms with Crippen LogP contribution in [0.25, 0.3) is 0 Å². The molecule has 0 nitrogen and oxygen atoms in total. The Morgan fingerprint density at radius 2 is 0.854 bits per heavy atom. The van der Waals surface area contributed by atoms with E-state index in [1.807, 2.05) is 0 Å². The highest BCUT2D eigenvalue weighted by Crippen LogP contribution is 2.70. The van der Waals surface area contributed by atoms with Gasteiger partial charge in [0.25, 0.3) is 0 Å². The van der Waals surface area contributed by atoms with Gasteiger partial charge in [0, 0.05) is 0 Å². The second-order valence-electron chi connectivity index (χ2n) is 21.5. The lowest BCUT2D eigenvalue weighted by Gasteiger charge is -2.33. The van der Waals surface area contributed by atoms with E-state index in [9.17, 15) is 0 Å². The quantitative estimate of drug-likeness (QED) is 0.274. The predicted octanol–water partition coefficient (Wildman–Crippen LogP) is 16.3. The molecular weight excluding hydrogens is 577 g/mol. The van der Waals surface area contributed by atoms with Gasteiger partial charge in [-0.05, 0) is 145 Å². The molecule has 9 saturated carbocycles. The molecule has 0 amide bonds. The Hall–Kier alpha value is 0. The molecule has 6 atom stereocenters. The van der Waals surface area contributed by atoms with Gasteiger partial charge in [0.15, 0.2) is 0 Å². The van der Waals surface area contributed by atoms with Crippen LogP contribution < -0.4 is 0 Å². The van der Waals surface area contributed by atoms with Crippen LogP contribution in [0, 0.1) is 87.3 Å². The molecule has 0 heteroatoms. The topological polar surface area (TPSA) is 0 Å². The first-order valence-corrected chi connectivity index (χ1v) is 22.3. The first kappa shape index (κ1) is 44.2. The van der Waals surface area contributed by atoms with Crippen LogP contribution >= 0.6 is 0 Å². The zero-order chi connectivity index (χ0) is 36.4. The van der Waals surface area contributed by atoms with E-state index in [1.54, 1.807) is 19.3 Å². The summed E-state index contributed by atoms with van der Waals surface area (Å²) in [5.41, 5.74) is 2.39. The van der Waals surface area contributed by atoms with Gasteiger partial charge in [-0.25, -0.2) is 0 Å². The smallest absolute Gasteiger partial charge is 0.0268 e. The molecule has 0 heterocycles. The molecule has 4 unspecified atom stereocenters. The van der Waals surface area contributed by atoms with Crippen LogP contribution in [0.2, 0.25) is 0 Å². The van der Waals surface area contributed by atoms with Crippen LogP contribution in [-0.4, -0.2) is 0 Å². The van der Waals surface area contributed by atoms with Gasteiger partial charge in [0.2, 0.25) is 0 Å². The molecule has 0 N–H and O–H groups in total. The molecule has 0 bridgehead atoms. The standard InChI is InChI=1S/C6H10.7C6H12/c1-5-4-6(5)2-3-6;1-5-4-6(5,2)3;1-5-3-6(2)4-5;1-6(2)4-3-5-6;1-5-3-4-6(5)2;1-4-5(2)6(4)3;1-3-6-4-5(6)2;1-2-6-4-3-5-6/h5H,2-4H2,1H3;5H,4H2,1-3H3;5-6H,3-4H2,1-2H3;3-5H2,1-2H3;5-6H,3-4H2,1-2H3;4-6H,1-3H3;5-6H,3-4H2,1-2H3;6H,2-5H2,1H3/t5-;;;;5-,6?;;;/m0...1.../s1. The van der Waals surface area contributed by atoms with E-state index >= 15 is 0 Å². The summed E-state index contributed by atoms with van der Waals surface area (Å²) in [4.78, 5) is 0. The summed E-state index contributed by atoms with van der Waals surface area (Å²) in [6, 6.07) is 0. The average molecular weight is 671 g/mol. The van der Waals surface area contributed by atoms with Crippen molar-refractivity contribution in [2.45, 2.75) is 220 Å². The van der Waals surface area contributed by atoms with Gasteiger partial charge in [0.05, 0.1) is 0 Å². The lowest BCUT2D eigenvalue weighted by Crippen LogP contribution is -2.20. The summed E-state index contributed by atoms with van der Waals surface area (Å²) in [6.45, 7) is 37.1. The van der Waals surface area contributed by atoms with E-state index in [2.05, 4.69) is 111 Å². The number of hydrogen-bond donors (Lipinski definition) is 0. The van der Waals surface area contributed by atoms with Gasteiger partial charge in [-0.2, -0.15) is 0 Å². The van der Waals surface area contributed by atoms with E-state index in [-0.39, 0.29) is 0 Å². The van der Waals surface area contributed by atoms with Crippen molar-refractivity contribution >= 4 is 0 Å². The van der Waals surface area contributed by atoms with Crippen LogP contribution in [0.1, 0.15) is 220 Å². The van der Waals surface area contributed by atoms with Crippen molar-refractivity contribution in [3.63, 3.8) is 0 Å². The SMILES string of the molecule is CC1(C)CCC1.CC1C(C)C1C.CC1CC(C)C1.CC1CC1(C)C.CC1CC[C@H]1C.CCC1CC1C.CCC1CCC1.C[C@H]1CC12CC2. The lowest BCUT2D eigenvalue weighted by molar-refractivity contribution is 0.190. The second kappa shape index (κ2) is 19.7. The van der Waals surface area contributed by atoms with Crippen molar-refractivity contribution in [1.29, 1.82) is 0 Å². The van der Waals surface area contributed by atoms with Crippen molar-refractivity contribution < 1.29 is 0 Å². The summed E-state index contributed by atoms with van der Waals surface area (Å²) >= 11 is 0. The number of rotatable bonds is 2. The van der Waals surface area contributed by atoms with E-state index in [0.29, 0.717) is 5.41 Å². The maximum atomic E-state index is 2.37. The lowest BCUT2D eigenvalue weighted by atomic mass is 9.72. The Kier molecular flexibility index (Phi) is 18.2. The molecule has 9 aliphatic rings. The minimum atomic E-state index is 0.708. The molecule has 0 radical (unpaired) electrons. The molecule has 0 aromatic carbocycles. The molecule has 9 fully saturated rings. The second-order valence-corrected chi connectivity index (χ2v) is 21.5. The van der Waals surface area contributed by atoms with Gasteiger partial charge in [0.1, 0.15) is 0 Å². The van der Waals surface area contributed by atoms with Gasteiger partial charge in [-0.1, -0.05) is 162 Å². The molecular formula is C48H94. The van der Waals surface area contributed by atoms with E-state index in [4.69, 9.17) is 0 Å². The van der Waals surface area contributed by atoms with Crippen molar-refractivity contribution in [2.24, 2.45) is 87.3 Å². The third-order valence-electron chi connectivity index (χ3n) is 15.8. The molecule has 0 saturated heterocycles. The normalized spacial score (nSPS) is 40.9. The minimum absolute atomic E-state index is 0.708. The minimum Gasteiger partial charge on any atom is -0.0651 e. The van der Waals surface area contributed by atoms with Gasteiger partial charge < -0.3 is 0 Å². The molecule has 286 valence electrons. The third kappa shape index (κ3) is 17.0. The Balaban J connectivity index is 0.000000191. The maximum absolute atomic E-state index is 2.37. The fourth-order valence-electron chi connectivity index (χ4n) is 7.94. The fourth-order valence-corrected chi connectivity index (χ4v) is 7.94. The van der Waals surface area contributed by atoms with Crippen molar-refractivity contribution in [1.82, 2.24) is 0 Å². The molecule has 48 heavy (non-hydrogen) atoms. The summed E-state index contributed by atoms with van der Waals surface area (Å²) in [7, 11) is 0. The monoisotopic (exact) mass is 671 g/mol. The molecule has 0 aromatic rings. The van der Waals surface area contributed by atoms with Crippen LogP contribution in [0.5, 0.6) is 0 Å². The first-order chi connectivity index (χ1) is 22.3. The highest BCUT2D eigenvalue weighted by molar-refractivity contribution is 5.10. The summed E-state index contributed by atoms with van der Waals surface area (Å²) in [6.07, 6.45) is 25.2. The Morgan fingerprint density at radius 3 is 0.854 bits per heavy atom. The molecule has 9 aliphatic carbocycles. The highest BCUT2D eigenvalue weighted by Gasteiger charge is 2.59. The van der Waals surface area contributed by atoms with Crippen LogP contribution in [0.4, 0.5) is 0 Å². The molecule has 0 aliphatic heterocycles. The highest BCUT2D eigenvalue weighted by atomic mass is 14.6. The molecule has 1 spiro atoms. The fraction of sp³-hybridized carbons (Fsp3) is 1.00. The Bertz CT molecular complexity index is 775. The largest absolute Gasteiger partial charge is 0.0651 e. The maximum Gasteiger partial charge on any atom is -0.0268 e. The van der Waals surface area contributed by atoms with E-state index in [0.717, 1.165) is 81.8 Å². The average Bonchev–Trinajstić information content (AvgIpc) is 3.86. The van der Waals surface area contributed by atoms with E-state index in [1.165, 1.54) is 89.9 Å². The van der Waals surface area contributed by atoms with Crippen molar-refractivity contribution in [3.8, 4) is 0 Å². The molecule has 9 rings (SSSR count). The zero-order valence-corrected chi connectivity index (χ0v) is 36.4.